The number of benzene rings is 1. The minimum atomic E-state index is -0.173. The molecule has 3 heterocycles. The highest BCUT2D eigenvalue weighted by atomic mass is 16.5. The zero-order chi connectivity index (χ0) is 16.0. The van der Waals surface area contributed by atoms with Gasteiger partial charge in [0.25, 0.3) is 5.91 Å². The summed E-state index contributed by atoms with van der Waals surface area (Å²) in [4.78, 5) is 28.3. The second-order valence-corrected chi connectivity index (χ2v) is 6.10. The highest BCUT2D eigenvalue weighted by Crippen LogP contribution is 2.31. The maximum Gasteiger partial charge on any atom is 0.276 e. The van der Waals surface area contributed by atoms with E-state index in [1.807, 2.05) is 23.1 Å². The first-order valence-corrected chi connectivity index (χ1v) is 7.75. The van der Waals surface area contributed by atoms with Gasteiger partial charge in [-0.05, 0) is 25.0 Å². The van der Waals surface area contributed by atoms with E-state index in [1.54, 1.807) is 17.9 Å². The maximum atomic E-state index is 12.7. The number of anilines is 1. The highest BCUT2D eigenvalue weighted by Gasteiger charge is 2.40. The molecule has 0 unspecified atom stereocenters. The van der Waals surface area contributed by atoms with E-state index >= 15 is 0 Å². The molecule has 0 N–H and O–H groups in total. The summed E-state index contributed by atoms with van der Waals surface area (Å²) < 4.78 is 4.93. The fourth-order valence-electron chi connectivity index (χ4n) is 3.22. The smallest absolute Gasteiger partial charge is 0.276 e. The third kappa shape index (κ3) is 2.30. The van der Waals surface area contributed by atoms with Crippen molar-refractivity contribution in [2.75, 3.05) is 24.5 Å². The van der Waals surface area contributed by atoms with Crippen molar-refractivity contribution >= 4 is 17.5 Å². The lowest BCUT2D eigenvalue weighted by Crippen LogP contribution is -2.56. The Morgan fingerprint density at radius 3 is 2.78 bits per heavy atom. The van der Waals surface area contributed by atoms with Crippen LogP contribution < -0.4 is 4.90 Å². The van der Waals surface area contributed by atoms with Crippen molar-refractivity contribution in [3.05, 3.63) is 47.3 Å². The fraction of sp³-hybridized carbons (Fsp3) is 0.353. The summed E-state index contributed by atoms with van der Waals surface area (Å²) in [5, 5.41) is 3.73. The monoisotopic (exact) mass is 311 g/mol. The first kappa shape index (κ1) is 14.0. The van der Waals surface area contributed by atoms with Gasteiger partial charge in [0.1, 0.15) is 5.76 Å². The molecule has 2 aliphatic rings. The van der Waals surface area contributed by atoms with Gasteiger partial charge in [0.05, 0.1) is 5.92 Å². The Kier molecular flexibility index (Phi) is 3.18. The van der Waals surface area contributed by atoms with E-state index < -0.39 is 0 Å². The van der Waals surface area contributed by atoms with E-state index in [0.717, 1.165) is 18.7 Å². The number of carbonyl (C=O) groups excluding carboxylic acids is 2. The third-order valence-corrected chi connectivity index (χ3v) is 4.52. The lowest BCUT2D eigenvalue weighted by Gasteiger charge is -2.39. The molecule has 6 heteroatoms. The molecular formula is C17H17N3O3. The summed E-state index contributed by atoms with van der Waals surface area (Å²) in [6, 6.07) is 9.62. The van der Waals surface area contributed by atoms with Crippen molar-refractivity contribution < 1.29 is 14.1 Å². The molecule has 0 spiro atoms. The second kappa shape index (κ2) is 5.22. The van der Waals surface area contributed by atoms with Crippen LogP contribution in [0, 0.1) is 12.8 Å². The molecule has 1 fully saturated rings. The van der Waals surface area contributed by atoms with Gasteiger partial charge in [-0.3, -0.25) is 9.59 Å². The van der Waals surface area contributed by atoms with Crippen molar-refractivity contribution in [3.63, 3.8) is 0 Å². The number of hydrogen-bond acceptors (Lipinski definition) is 4. The molecule has 6 nitrogen and oxygen atoms in total. The molecule has 118 valence electrons. The van der Waals surface area contributed by atoms with Gasteiger partial charge >= 0.3 is 0 Å². The average molecular weight is 311 g/mol. The Balaban J connectivity index is 1.41. The van der Waals surface area contributed by atoms with Crippen molar-refractivity contribution in [2.24, 2.45) is 5.92 Å². The zero-order valence-corrected chi connectivity index (χ0v) is 12.9. The summed E-state index contributed by atoms with van der Waals surface area (Å²) in [5.74, 6) is 0.413. The lowest BCUT2D eigenvalue weighted by atomic mass is 9.97. The minimum Gasteiger partial charge on any atom is -0.361 e. The molecule has 0 aliphatic carbocycles. The van der Waals surface area contributed by atoms with Gasteiger partial charge in [-0.1, -0.05) is 23.4 Å². The van der Waals surface area contributed by atoms with Crippen molar-refractivity contribution in [2.45, 2.75) is 13.3 Å². The zero-order valence-electron chi connectivity index (χ0n) is 12.9. The molecule has 2 aliphatic heterocycles. The molecule has 0 atom stereocenters. The summed E-state index contributed by atoms with van der Waals surface area (Å²) in [6.45, 7) is 3.37. The second-order valence-electron chi connectivity index (χ2n) is 6.10. The van der Waals surface area contributed by atoms with Crippen LogP contribution in [0.5, 0.6) is 0 Å². The minimum absolute atomic E-state index is 0.107. The van der Waals surface area contributed by atoms with E-state index in [-0.39, 0.29) is 17.7 Å². The Bertz CT molecular complexity index is 777. The predicted molar refractivity (Wildman–Crippen MR) is 83.1 cm³/mol. The number of para-hydroxylation sites is 1. The van der Waals surface area contributed by atoms with E-state index in [9.17, 15) is 9.59 Å². The first-order valence-electron chi connectivity index (χ1n) is 7.75. The van der Waals surface area contributed by atoms with Crippen LogP contribution in [0.25, 0.3) is 0 Å². The number of nitrogens with zero attached hydrogens (tertiary/aromatic N) is 3. The molecule has 2 aromatic rings. The first-order chi connectivity index (χ1) is 11.1. The molecule has 4 rings (SSSR count). The van der Waals surface area contributed by atoms with Crippen molar-refractivity contribution in [1.29, 1.82) is 0 Å². The topological polar surface area (TPSA) is 66.7 Å². The Morgan fingerprint density at radius 2 is 2.04 bits per heavy atom. The Morgan fingerprint density at radius 1 is 1.26 bits per heavy atom. The molecule has 0 saturated carbocycles. The Hall–Kier alpha value is -2.63. The van der Waals surface area contributed by atoms with Gasteiger partial charge in [-0.25, -0.2) is 0 Å². The van der Waals surface area contributed by atoms with E-state index in [1.165, 1.54) is 5.56 Å². The summed E-state index contributed by atoms with van der Waals surface area (Å²) in [5.41, 5.74) is 2.53. The maximum absolute atomic E-state index is 12.7. The van der Waals surface area contributed by atoms with Crippen LogP contribution >= 0.6 is 0 Å². The Labute approximate surface area is 133 Å². The number of rotatable bonds is 2. The number of fused-ring (bicyclic) bond motifs is 1. The number of amides is 2. The van der Waals surface area contributed by atoms with Crippen molar-refractivity contribution in [3.8, 4) is 0 Å². The average Bonchev–Trinajstić information content (AvgIpc) is 3.11. The van der Waals surface area contributed by atoms with E-state index in [0.29, 0.717) is 24.5 Å². The van der Waals surface area contributed by atoms with Crippen LogP contribution in [0.15, 0.2) is 34.9 Å². The SMILES string of the molecule is Cc1cc(C(=O)N2CC(C(=O)N3CCc4ccccc43)C2)no1. The van der Waals surface area contributed by atoms with Gasteiger partial charge in [0.15, 0.2) is 5.69 Å². The molecule has 1 aromatic heterocycles. The quantitative estimate of drug-likeness (QED) is 0.846. The van der Waals surface area contributed by atoms with Crippen LogP contribution in [-0.2, 0) is 11.2 Å². The number of carbonyl (C=O) groups is 2. The normalized spacial score (nSPS) is 17.1. The summed E-state index contributed by atoms with van der Waals surface area (Å²) >= 11 is 0. The molecule has 0 bridgehead atoms. The molecule has 1 aromatic carbocycles. The van der Waals surface area contributed by atoms with Crippen LogP contribution in [0.4, 0.5) is 5.69 Å². The van der Waals surface area contributed by atoms with Gasteiger partial charge in [0.2, 0.25) is 5.91 Å². The number of likely N-dealkylation sites (tertiary alicyclic amines) is 1. The van der Waals surface area contributed by atoms with Gasteiger partial charge in [-0.2, -0.15) is 0 Å². The van der Waals surface area contributed by atoms with Gasteiger partial charge in [-0.15, -0.1) is 0 Å². The molecule has 2 amide bonds. The van der Waals surface area contributed by atoms with Crippen molar-refractivity contribution in [1.82, 2.24) is 10.1 Å². The highest BCUT2D eigenvalue weighted by molar-refractivity contribution is 6.00. The third-order valence-electron chi connectivity index (χ3n) is 4.52. The van der Waals surface area contributed by atoms with Crippen LogP contribution in [0.1, 0.15) is 21.8 Å². The summed E-state index contributed by atoms with van der Waals surface area (Å²) in [7, 11) is 0. The molecular weight excluding hydrogens is 294 g/mol. The van der Waals surface area contributed by atoms with E-state index in [4.69, 9.17) is 4.52 Å². The largest absolute Gasteiger partial charge is 0.361 e. The fourth-order valence-corrected chi connectivity index (χ4v) is 3.22. The molecule has 0 radical (unpaired) electrons. The van der Waals surface area contributed by atoms with Crippen LogP contribution in [0.3, 0.4) is 0 Å². The van der Waals surface area contributed by atoms with E-state index in [2.05, 4.69) is 11.2 Å². The van der Waals surface area contributed by atoms with Crippen LogP contribution in [-0.4, -0.2) is 41.5 Å². The predicted octanol–water partition coefficient (Wildman–Crippen LogP) is 1.64. The van der Waals surface area contributed by atoms with Gasteiger partial charge < -0.3 is 14.3 Å². The number of aryl methyl sites for hydroxylation is 1. The molecule has 1 saturated heterocycles. The molecule has 23 heavy (non-hydrogen) atoms. The van der Waals surface area contributed by atoms with Gasteiger partial charge in [0, 0.05) is 31.4 Å². The summed E-state index contributed by atoms with van der Waals surface area (Å²) in [6.07, 6.45) is 0.898. The standard InChI is InChI=1S/C17H17N3O3/c1-11-8-14(18-23-11)17(22)19-9-13(10-19)16(21)20-7-6-12-4-2-3-5-15(12)20/h2-5,8,13H,6-7,9-10H2,1H3. The lowest BCUT2D eigenvalue weighted by molar-refractivity contribution is -0.126. The van der Waals surface area contributed by atoms with Crippen LogP contribution in [0.2, 0.25) is 0 Å². The number of hydrogen-bond donors (Lipinski definition) is 0. The number of aromatic nitrogens is 1.